The Bertz CT molecular complexity index is 652. The fraction of sp³-hybridized carbons (Fsp3) is 0.188. The number of carbonyl (C=O) groups excluding carboxylic acids is 3. The van der Waals surface area contributed by atoms with Crippen LogP contribution in [0.2, 0.25) is 0 Å². The average molecular weight is 316 g/mol. The topological polar surface area (TPSA) is 97.6 Å². The van der Waals surface area contributed by atoms with Crippen molar-refractivity contribution in [3.05, 3.63) is 60.1 Å². The highest BCUT2D eigenvalue weighted by molar-refractivity contribution is 5.93. The van der Waals surface area contributed by atoms with Crippen molar-refractivity contribution in [1.82, 2.24) is 10.6 Å². The summed E-state index contributed by atoms with van der Waals surface area (Å²) in [5, 5.41) is 4.95. The van der Waals surface area contributed by atoms with E-state index in [1.165, 1.54) is 12.3 Å². The number of ether oxygens (including phenoxy) is 1. The lowest BCUT2D eigenvalue weighted by molar-refractivity contribution is -0.147. The average Bonchev–Trinajstić information content (AvgIpc) is 3.11. The minimum atomic E-state index is -0.709. The lowest BCUT2D eigenvalue weighted by Crippen LogP contribution is -2.33. The molecule has 0 saturated carbocycles. The third-order valence-electron chi connectivity index (χ3n) is 2.84. The van der Waals surface area contributed by atoms with Gasteiger partial charge in [0.25, 0.3) is 11.8 Å². The van der Waals surface area contributed by atoms with Crippen LogP contribution in [0.15, 0.2) is 53.1 Å². The van der Waals surface area contributed by atoms with Crippen LogP contribution < -0.4 is 10.6 Å². The van der Waals surface area contributed by atoms with Gasteiger partial charge in [0.05, 0.1) is 6.26 Å². The molecule has 120 valence electrons. The standard InChI is InChI=1S/C16H16N2O5/c19-14(17-9-12-5-2-1-3-6-12)11-23-15(20)10-18-16(21)13-7-4-8-22-13/h1-8H,9-11H2,(H,17,19)(H,18,21). The van der Waals surface area contributed by atoms with Crippen molar-refractivity contribution in [2.75, 3.05) is 13.2 Å². The zero-order chi connectivity index (χ0) is 16.5. The van der Waals surface area contributed by atoms with Gasteiger partial charge in [-0.25, -0.2) is 0 Å². The molecule has 0 fully saturated rings. The number of amides is 2. The lowest BCUT2D eigenvalue weighted by atomic mass is 10.2. The van der Waals surface area contributed by atoms with E-state index in [2.05, 4.69) is 10.6 Å². The van der Waals surface area contributed by atoms with E-state index in [4.69, 9.17) is 9.15 Å². The van der Waals surface area contributed by atoms with Crippen molar-refractivity contribution in [2.45, 2.75) is 6.54 Å². The van der Waals surface area contributed by atoms with Crippen molar-refractivity contribution < 1.29 is 23.5 Å². The van der Waals surface area contributed by atoms with Crippen molar-refractivity contribution in [3.8, 4) is 0 Å². The number of nitrogens with one attached hydrogen (secondary N) is 2. The number of hydrogen-bond donors (Lipinski definition) is 2. The molecule has 2 N–H and O–H groups in total. The summed E-state index contributed by atoms with van der Waals surface area (Å²) in [4.78, 5) is 34.5. The molecule has 0 aliphatic carbocycles. The van der Waals surface area contributed by atoms with Crippen LogP contribution in [0.4, 0.5) is 0 Å². The van der Waals surface area contributed by atoms with Gasteiger partial charge >= 0.3 is 5.97 Å². The summed E-state index contributed by atoms with van der Waals surface area (Å²) in [5.41, 5.74) is 0.942. The molecule has 0 saturated heterocycles. The molecule has 0 radical (unpaired) electrons. The third kappa shape index (κ3) is 5.66. The van der Waals surface area contributed by atoms with Crippen molar-refractivity contribution in [3.63, 3.8) is 0 Å². The number of carbonyl (C=O) groups is 3. The summed E-state index contributed by atoms with van der Waals surface area (Å²) in [6.45, 7) is -0.389. The van der Waals surface area contributed by atoms with Gasteiger partial charge in [-0.3, -0.25) is 14.4 Å². The van der Waals surface area contributed by atoms with Crippen molar-refractivity contribution in [2.24, 2.45) is 0 Å². The van der Waals surface area contributed by atoms with Crippen LogP contribution in [0, 0.1) is 0 Å². The zero-order valence-corrected chi connectivity index (χ0v) is 12.3. The van der Waals surface area contributed by atoms with Gasteiger partial charge in [0.2, 0.25) is 0 Å². The van der Waals surface area contributed by atoms with E-state index in [9.17, 15) is 14.4 Å². The Morgan fingerprint density at radius 1 is 1.00 bits per heavy atom. The number of rotatable bonds is 7. The van der Waals surface area contributed by atoms with Crippen LogP contribution in [0.5, 0.6) is 0 Å². The number of furan rings is 1. The van der Waals surface area contributed by atoms with Gasteiger partial charge in [-0.1, -0.05) is 30.3 Å². The molecule has 1 heterocycles. The Hall–Kier alpha value is -3.09. The first-order valence-electron chi connectivity index (χ1n) is 6.93. The van der Waals surface area contributed by atoms with Crippen molar-refractivity contribution in [1.29, 1.82) is 0 Å². The Morgan fingerprint density at radius 2 is 1.78 bits per heavy atom. The van der Waals surface area contributed by atoms with Crippen molar-refractivity contribution >= 4 is 17.8 Å². The molecule has 2 aromatic rings. The predicted molar refractivity (Wildman–Crippen MR) is 80.3 cm³/mol. The van der Waals surface area contributed by atoms with Gasteiger partial charge in [-0.05, 0) is 17.7 Å². The zero-order valence-electron chi connectivity index (χ0n) is 12.3. The van der Waals surface area contributed by atoms with Crippen LogP contribution in [0.25, 0.3) is 0 Å². The molecule has 0 bridgehead atoms. The molecule has 1 aromatic carbocycles. The van der Waals surface area contributed by atoms with E-state index in [0.717, 1.165) is 5.56 Å². The first kappa shape index (κ1) is 16.3. The Kier molecular flexibility index (Phi) is 5.93. The molecule has 1 aromatic heterocycles. The minimum absolute atomic E-state index is 0.0957. The van der Waals surface area contributed by atoms with Crippen LogP contribution in [0.3, 0.4) is 0 Å². The molecule has 7 heteroatoms. The second-order valence-electron chi connectivity index (χ2n) is 4.58. The smallest absolute Gasteiger partial charge is 0.325 e. The van der Waals surface area contributed by atoms with Gasteiger partial charge in [-0.15, -0.1) is 0 Å². The second kappa shape index (κ2) is 8.38. The van der Waals surface area contributed by atoms with E-state index in [1.807, 2.05) is 30.3 Å². The molecular formula is C16H16N2O5. The summed E-state index contributed by atoms with van der Waals surface area (Å²) < 4.78 is 9.64. The summed E-state index contributed by atoms with van der Waals surface area (Å²) in [6.07, 6.45) is 1.35. The van der Waals surface area contributed by atoms with E-state index >= 15 is 0 Å². The summed E-state index contributed by atoms with van der Waals surface area (Å²) in [7, 11) is 0. The Balaban J connectivity index is 1.62. The summed E-state index contributed by atoms with van der Waals surface area (Å²) >= 11 is 0. The predicted octanol–water partition coefficient (Wildman–Crippen LogP) is 0.869. The van der Waals surface area contributed by atoms with E-state index in [0.29, 0.717) is 6.54 Å². The maximum atomic E-state index is 11.6. The molecule has 0 aliphatic rings. The molecule has 0 spiro atoms. The fourth-order valence-corrected chi connectivity index (χ4v) is 1.69. The molecule has 2 rings (SSSR count). The van der Waals surface area contributed by atoms with Crippen LogP contribution in [-0.4, -0.2) is 30.9 Å². The first-order chi connectivity index (χ1) is 11.1. The minimum Gasteiger partial charge on any atom is -0.459 e. The van der Waals surface area contributed by atoms with Gasteiger partial charge < -0.3 is 19.8 Å². The second-order valence-corrected chi connectivity index (χ2v) is 4.58. The van der Waals surface area contributed by atoms with E-state index in [-0.39, 0.29) is 12.3 Å². The SMILES string of the molecule is O=C(COC(=O)CNC(=O)c1ccco1)NCc1ccccc1. The maximum absolute atomic E-state index is 11.6. The van der Waals surface area contributed by atoms with E-state index < -0.39 is 24.4 Å². The van der Waals surface area contributed by atoms with E-state index in [1.54, 1.807) is 6.07 Å². The fourth-order valence-electron chi connectivity index (χ4n) is 1.69. The highest BCUT2D eigenvalue weighted by Gasteiger charge is 2.12. The first-order valence-corrected chi connectivity index (χ1v) is 6.93. The highest BCUT2D eigenvalue weighted by Crippen LogP contribution is 1.99. The largest absolute Gasteiger partial charge is 0.459 e. The molecule has 2 amide bonds. The third-order valence-corrected chi connectivity index (χ3v) is 2.84. The number of esters is 1. The maximum Gasteiger partial charge on any atom is 0.325 e. The lowest BCUT2D eigenvalue weighted by Gasteiger charge is -2.07. The van der Waals surface area contributed by atoms with Gasteiger partial charge in [0.15, 0.2) is 12.4 Å². The quantitative estimate of drug-likeness (QED) is 0.739. The molecule has 0 unspecified atom stereocenters. The van der Waals surface area contributed by atoms with Crippen LogP contribution in [0.1, 0.15) is 16.1 Å². The molecular weight excluding hydrogens is 300 g/mol. The summed E-state index contributed by atoms with van der Waals surface area (Å²) in [6, 6.07) is 12.4. The van der Waals surface area contributed by atoms with Gasteiger partial charge in [0.1, 0.15) is 6.54 Å². The molecule has 0 aliphatic heterocycles. The van der Waals surface area contributed by atoms with Gasteiger partial charge in [0, 0.05) is 6.54 Å². The van der Waals surface area contributed by atoms with Gasteiger partial charge in [-0.2, -0.15) is 0 Å². The highest BCUT2D eigenvalue weighted by atomic mass is 16.5. The number of hydrogen-bond acceptors (Lipinski definition) is 5. The molecule has 23 heavy (non-hydrogen) atoms. The molecule has 7 nitrogen and oxygen atoms in total. The Morgan fingerprint density at radius 3 is 2.48 bits per heavy atom. The summed E-state index contributed by atoms with van der Waals surface area (Å²) in [5.74, 6) is -1.56. The number of benzene rings is 1. The normalized spacial score (nSPS) is 9.91. The van der Waals surface area contributed by atoms with Crippen LogP contribution in [-0.2, 0) is 20.9 Å². The molecule has 0 atom stereocenters. The monoisotopic (exact) mass is 316 g/mol. The Labute approximate surface area is 132 Å². The van der Waals surface area contributed by atoms with Crippen LogP contribution >= 0.6 is 0 Å².